The fourth-order valence-corrected chi connectivity index (χ4v) is 3.95. The summed E-state index contributed by atoms with van der Waals surface area (Å²) in [5.74, 6) is 0.485. The van der Waals surface area contributed by atoms with Crippen LogP contribution in [0.15, 0.2) is 47.8 Å². The number of amides is 1. The molecule has 0 saturated carbocycles. The van der Waals surface area contributed by atoms with Crippen LogP contribution in [0.1, 0.15) is 18.1 Å². The van der Waals surface area contributed by atoms with Crippen molar-refractivity contribution in [2.45, 2.75) is 26.9 Å². The van der Waals surface area contributed by atoms with Crippen molar-refractivity contribution in [2.75, 3.05) is 5.32 Å². The van der Waals surface area contributed by atoms with Gasteiger partial charge in [0, 0.05) is 16.0 Å². The third kappa shape index (κ3) is 4.11. The molecule has 2 aromatic carbocycles. The normalized spacial score (nSPS) is 12.1. The number of nitrogens with one attached hydrogen (secondary N) is 1. The topological polar surface area (TPSA) is 68.5 Å². The number of ether oxygens (including phenoxy) is 1. The molecule has 6 nitrogen and oxygen atoms in total. The molecule has 29 heavy (non-hydrogen) atoms. The lowest BCUT2D eigenvalue weighted by Gasteiger charge is -2.13. The molecular formula is C21H19ClN4O2S. The molecule has 148 valence electrons. The maximum atomic E-state index is 12.5. The number of fused-ring (bicyclic) bond motifs is 1. The van der Waals surface area contributed by atoms with Crippen molar-refractivity contribution >= 4 is 39.8 Å². The highest BCUT2D eigenvalue weighted by Gasteiger charge is 2.19. The molecule has 1 N–H and O–H groups in total. The highest BCUT2D eigenvalue weighted by Crippen LogP contribution is 2.29. The zero-order valence-corrected chi connectivity index (χ0v) is 17.7. The molecule has 0 aliphatic rings. The molecule has 4 rings (SSSR count). The molecule has 0 aliphatic heterocycles. The van der Waals surface area contributed by atoms with Crippen molar-refractivity contribution < 1.29 is 9.53 Å². The van der Waals surface area contributed by atoms with Crippen LogP contribution < -0.4 is 10.1 Å². The molecule has 8 heteroatoms. The third-order valence-corrected chi connectivity index (χ3v) is 5.54. The number of aromatic nitrogens is 3. The summed E-state index contributed by atoms with van der Waals surface area (Å²) in [7, 11) is 0. The first-order valence-corrected chi connectivity index (χ1v) is 10.3. The maximum Gasteiger partial charge on any atom is 0.267 e. The number of hydrogen-bond donors (Lipinski definition) is 1. The van der Waals surface area contributed by atoms with Gasteiger partial charge in [0.05, 0.1) is 5.69 Å². The molecule has 1 atom stereocenters. The summed E-state index contributed by atoms with van der Waals surface area (Å²) in [6.07, 6.45) is -0.712. The molecule has 0 spiro atoms. The van der Waals surface area contributed by atoms with Gasteiger partial charge in [0.1, 0.15) is 5.75 Å². The molecular weight excluding hydrogens is 408 g/mol. The Bertz CT molecular complexity index is 1180. The Labute approximate surface area is 177 Å². The number of hydrogen-bond acceptors (Lipinski definition) is 5. The SMILES string of the molecule is Cc1ccc(-c2csc3nc(NC(=O)C(C)Oc4ccc(Cl)cc4)nn23)c(C)c1. The average Bonchev–Trinajstić information content (AvgIpc) is 3.24. The first-order chi connectivity index (χ1) is 13.9. The quantitative estimate of drug-likeness (QED) is 0.480. The maximum absolute atomic E-state index is 12.5. The van der Waals surface area contributed by atoms with Gasteiger partial charge in [0.25, 0.3) is 11.9 Å². The van der Waals surface area contributed by atoms with Crippen LogP contribution in [0.2, 0.25) is 5.02 Å². The zero-order chi connectivity index (χ0) is 20.5. The van der Waals surface area contributed by atoms with Crippen molar-refractivity contribution in [1.82, 2.24) is 14.6 Å². The van der Waals surface area contributed by atoms with E-state index in [0.717, 1.165) is 16.8 Å². The molecule has 0 fully saturated rings. The van der Waals surface area contributed by atoms with Gasteiger partial charge in [-0.2, -0.15) is 4.98 Å². The molecule has 1 unspecified atom stereocenters. The Hall–Kier alpha value is -2.90. The second-order valence-electron chi connectivity index (χ2n) is 6.77. The van der Waals surface area contributed by atoms with E-state index in [9.17, 15) is 4.79 Å². The van der Waals surface area contributed by atoms with Gasteiger partial charge >= 0.3 is 0 Å². The predicted molar refractivity (Wildman–Crippen MR) is 116 cm³/mol. The summed E-state index contributed by atoms with van der Waals surface area (Å²) in [5, 5.41) is 9.82. The molecule has 4 aromatic rings. The lowest BCUT2D eigenvalue weighted by atomic mass is 10.0. The zero-order valence-electron chi connectivity index (χ0n) is 16.1. The Morgan fingerprint density at radius 2 is 1.97 bits per heavy atom. The predicted octanol–water partition coefficient (Wildman–Crippen LogP) is 5.13. The molecule has 2 aromatic heterocycles. The van der Waals surface area contributed by atoms with Gasteiger partial charge in [-0.05, 0) is 50.6 Å². The summed E-state index contributed by atoms with van der Waals surface area (Å²) in [6, 6.07) is 13.1. The minimum absolute atomic E-state index is 0.249. The van der Waals surface area contributed by atoms with Gasteiger partial charge in [-0.1, -0.05) is 35.4 Å². The Morgan fingerprint density at radius 1 is 1.21 bits per heavy atom. The first-order valence-electron chi connectivity index (χ1n) is 9.05. The third-order valence-electron chi connectivity index (χ3n) is 4.47. The van der Waals surface area contributed by atoms with E-state index in [2.05, 4.69) is 47.4 Å². The van der Waals surface area contributed by atoms with Gasteiger partial charge in [0.15, 0.2) is 6.10 Å². The standard InChI is InChI=1S/C21H19ClN4O2S/c1-12-4-9-17(13(2)10-12)18-11-29-21-24-20(25-26(18)21)23-19(27)14(3)28-16-7-5-15(22)6-8-16/h4-11,14H,1-3H3,(H,23,25,27). The number of anilines is 1. The van der Waals surface area contributed by atoms with Crippen molar-refractivity contribution in [3.8, 4) is 17.0 Å². The minimum Gasteiger partial charge on any atom is -0.481 e. The van der Waals surface area contributed by atoms with Crippen LogP contribution in [-0.2, 0) is 4.79 Å². The van der Waals surface area contributed by atoms with Crippen molar-refractivity contribution in [3.05, 3.63) is 64.0 Å². The van der Waals surface area contributed by atoms with E-state index in [1.54, 1.807) is 35.7 Å². The van der Waals surface area contributed by atoms with Crippen LogP contribution in [0.3, 0.4) is 0 Å². The average molecular weight is 427 g/mol. The molecule has 2 heterocycles. The largest absolute Gasteiger partial charge is 0.481 e. The van der Waals surface area contributed by atoms with Crippen molar-refractivity contribution in [1.29, 1.82) is 0 Å². The number of aryl methyl sites for hydroxylation is 2. The van der Waals surface area contributed by atoms with Gasteiger partial charge in [-0.25, -0.2) is 4.52 Å². The molecule has 0 saturated heterocycles. The highest BCUT2D eigenvalue weighted by molar-refractivity contribution is 7.15. The summed E-state index contributed by atoms with van der Waals surface area (Å²) >= 11 is 7.34. The van der Waals surface area contributed by atoms with Crippen LogP contribution >= 0.6 is 22.9 Å². The van der Waals surface area contributed by atoms with Crippen LogP contribution in [0, 0.1) is 13.8 Å². The van der Waals surface area contributed by atoms with E-state index in [0.29, 0.717) is 15.7 Å². The van der Waals surface area contributed by atoms with Gasteiger partial charge in [-0.15, -0.1) is 16.4 Å². The van der Waals surface area contributed by atoms with E-state index in [4.69, 9.17) is 16.3 Å². The molecule has 0 aliphatic carbocycles. The molecule has 0 radical (unpaired) electrons. The van der Waals surface area contributed by atoms with Crippen LogP contribution in [0.25, 0.3) is 16.2 Å². The monoisotopic (exact) mass is 426 g/mol. The Morgan fingerprint density at radius 3 is 2.69 bits per heavy atom. The van der Waals surface area contributed by atoms with Crippen molar-refractivity contribution in [2.24, 2.45) is 0 Å². The van der Waals surface area contributed by atoms with E-state index in [-0.39, 0.29) is 11.9 Å². The second-order valence-corrected chi connectivity index (χ2v) is 8.05. The van der Waals surface area contributed by atoms with Crippen LogP contribution in [0.5, 0.6) is 5.75 Å². The molecule has 0 bridgehead atoms. The lowest BCUT2D eigenvalue weighted by Crippen LogP contribution is -2.30. The van der Waals surface area contributed by atoms with Crippen LogP contribution in [0.4, 0.5) is 5.95 Å². The number of carbonyl (C=O) groups excluding carboxylic acids is 1. The smallest absolute Gasteiger partial charge is 0.267 e. The fourth-order valence-electron chi connectivity index (χ4n) is 3.00. The highest BCUT2D eigenvalue weighted by atomic mass is 35.5. The number of rotatable bonds is 5. The van der Waals surface area contributed by atoms with Crippen LogP contribution in [-0.4, -0.2) is 26.6 Å². The fraction of sp³-hybridized carbons (Fsp3) is 0.190. The Kier molecular flexibility index (Phi) is 5.25. The number of halogens is 1. The van der Waals surface area contributed by atoms with E-state index >= 15 is 0 Å². The number of nitrogens with zero attached hydrogens (tertiary/aromatic N) is 3. The lowest BCUT2D eigenvalue weighted by molar-refractivity contribution is -0.122. The summed E-state index contributed by atoms with van der Waals surface area (Å²) in [5.41, 5.74) is 4.40. The number of thiazole rings is 1. The van der Waals surface area contributed by atoms with Gasteiger partial charge in [-0.3, -0.25) is 10.1 Å². The number of carbonyl (C=O) groups is 1. The van der Waals surface area contributed by atoms with E-state index in [1.165, 1.54) is 16.9 Å². The molecule has 1 amide bonds. The number of benzene rings is 2. The van der Waals surface area contributed by atoms with E-state index in [1.807, 2.05) is 5.38 Å². The minimum atomic E-state index is -0.712. The van der Waals surface area contributed by atoms with Crippen molar-refractivity contribution in [3.63, 3.8) is 0 Å². The first kappa shape index (κ1) is 19.4. The summed E-state index contributed by atoms with van der Waals surface area (Å²) < 4.78 is 7.40. The summed E-state index contributed by atoms with van der Waals surface area (Å²) in [4.78, 5) is 17.6. The van der Waals surface area contributed by atoms with E-state index < -0.39 is 6.10 Å². The van der Waals surface area contributed by atoms with Gasteiger partial charge < -0.3 is 4.74 Å². The summed E-state index contributed by atoms with van der Waals surface area (Å²) in [6.45, 7) is 5.81. The Balaban J connectivity index is 1.52. The van der Waals surface area contributed by atoms with Gasteiger partial charge in [0.2, 0.25) is 4.96 Å². The second kappa shape index (κ2) is 7.85.